The second-order valence-electron chi connectivity index (χ2n) is 18.3. The van der Waals surface area contributed by atoms with Gasteiger partial charge in [-0.15, -0.1) is 5.10 Å². The molecule has 310 valence electrons. The fraction of sp³-hybridized carbons (Fsp3) is 0.561. The lowest BCUT2D eigenvalue weighted by atomic mass is 9.83. The number of nitrogens with one attached hydrogen (secondary N) is 3. The minimum absolute atomic E-state index is 0.0191. The van der Waals surface area contributed by atoms with Crippen molar-refractivity contribution in [3.8, 4) is 11.1 Å². The minimum Gasteiger partial charge on any atom is -0.408 e. The van der Waals surface area contributed by atoms with Crippen molar-refractivity contribution in [1.82, 2.24) is 25.1 Å². The van der Waals surface area contributed by atoms with Crippen molar-refractivity contribution < 1.29 is 40.8 Å². The molecule has 2 aromatic carbocycles. The van der Waals surface area contributed by atoms with Crippen LogP contribution in [0, 0.1) is 16.7 Å². The number of anilines is 1. The first-order valence-electron chi connectivity index (χ1n) is 19.9. The van der Waals surface area contributed by atoms with Crippen molar-refractivity contribution in [3.05, 3.63) is 65.0 Å². The molecule has 3 aliphatic carbocycles. The Labute approximate surface area is 336 Å². The average molecular weight is 822 g/mol. The smallest absolute Gasteiger partial charge is 0.316 e. The molecule has 5 atom stereocenters. The Kier molecular flexibility index (Phi) is 9.91. The summed E-state index contributed by atoms with van der Waals surface area (Å²) in [6, 6.07) is 11.9. The molecule has 17 heteroatoms. The summed E-state index contributed by atoms with van der Waals surface area (Å²) in [6.07, 6.45) is -0.650. The van der Waals surface area contributed by atoms with Crippen LogP contribution in [0.4, 0.5) is 14.8 Å². The summed E-state index contributed by atoms with van der Waals surface area (Å²) in [5, 5.41) is 17.9. The predicted molar refractivity (Wildman–Crippen MR) is 209 cm³/mol. The summed E-state index contributed by atoms with van der Waals surface area (Å²) in [5.41, 5.74) is 2.33. The van der Waals surface area contributed by atoms with Crippen LogP contribution in [-0.4, -0.2) is 88.9 Å². The van der Waals surface area contributed by atoms with E-state index < -0.39 is 80.9 Å². The Bertz CT molecular complexity index is 2290. The summed E-state index contributed by atoms with van der Waals surface area (Å²) in [4.78, 5) is 50.1. The molecule has 1 aromatic heterocycles. The van der Waals surface area contributed by atoms with E-state index in [1.807, 2.05) is 49.8 Å². The number of benzene rings is 2. The van der Waals surface area contributed by atoms with Crippen LogP contribution in [0.3, 0.4) is 0 Å². The van der Waals surface area contributed by atoms with Crippen molar-refractivity contribution in [2.75, 3.05) is 11.9 Å². The molecule has 6 bridgehead atoms. The third-order valence-electron chi connectivity index (χ3n) is 12.0. The first-order chi connectivity index (χ1) is 27.3. The van der Waals surface area contributed by atoms with Crippen LogP contribution >= 0.6 is 0 Å². The third-order valence-corrected chi connectivity index (χ3v) is 13.8. The minimum atomic E-state index is -4.11. The summed E-state index contributed by atoms with van der Waals surface area (Å²) in [6.45, 7) is 9.64. The van der Waals surface area contributed by atoms with E-state index in [0.29, 0.717) is 30.9 Å². The zero-order chi connectivity index (χ0) is 41.4. The van der Waals surface area contributed by atoms with Gasteiger partial charge in [-0.1, -0.05) is 81.3 Å². The normalized spacial score (nSPS) is 27.8. The number of carbonyl (C=O) groups is 3. The fourth-order valence-corrected chi connectivity index (χ4v) is 9.83. The molecule has 3 amide bonds. The molecule has 0 spiro atoms. The number of oxime groups is 1. The molecule has 3 heterocycles. The Hall–Kier alpha value is -4.93. The van der Waals surface area contributed by atoms with E-state index >= 15 is 0 Å². The van der Waals surface area contributed by atoms with Crippen molar-refractivity contribution in [3.63, 3.8) is 0 Å². The van der Waals surface area contributed by atoms with E-state index in [-0.39, 0.29) is 24.4 Å². The lowest BCUT2D eigenvalue weighted by molar-refractivity contribution is -0.142. The van der Waals surface area contributed by atoms with E-state index in [2.05, 4.69) is 58.0 Å². The van der Waals surface area contributed by atoms with Gasteiger partial charge in [0.05, 0.1) is 17.7 Å². The summed E-state index contributed by atoms with van der Waals surface area (Å²) < 4.78 is 61.8. The number of rotatable bonds is 6. The van der Waals surface area contributed by atoms with Gasteiger partial charge in [0.15, 0.2) is 0 Å². The third kappa shape index (κ3) is 7.69. The number of sulfonamides is 1. The first-order valence-corrected chi connectivity index (χ1v) is 21.4. The van der Waals surface area contributed by atoms with E-state index in [9.17, 15) is 31.6 Å². The van der Waals surface area contributed by atoms with Crippen molar-refractivity contribution in [2.24, 2.45) is 21.9 Å². The van der Waals surface area contributed by atoms with Crippen molar-refractivity contribution >= 4 is 39.5 Å². The van der Waals surface area contributed by atoms with Gasteiger partial charge in [-0.05, 0) is 72.1 Å². The lowest BCUT2D eigenvalue weighted by Crippen LogP contribution is -2.59. The highest BCUT2D eigenvalue weighted by molar-refractivity contribution is 7.91. The van der Waals surface area contributed by atoms with Gasteiger partial charge in [-0.2, -0.15) is 0 Å². The molecule has 0 unspecified atom stereocenters. The Morgan fingerprint density at radius 3 is 2.45 bits per heavy atom. The molecule has 1 saturated heterocycles. The number of aromatic nitrogens is 2. The van der Waals surface area contributed by atoms with Gasteiger partial charge in [0, 0.05) is 24.0 Å². The molecule has 3 N–H and O–H groups in total. The maximum atomic E-state index is 14.8. The second-order valence-corrected chi connectivity index (χ2v) is 20.2. The number of amides is 3. The standard InChI is InChI=1S/C41H49F2N7O7S/c1-39(2,3)33-36(52)50-21-23(18-30(50)35(51)45-41(19-29(41)34(42)43)37(53)49-58(54,55)24-13-14-24)57-48-32-27-11-7-6-10-25(27)26-15-12-22(17-28(26)32)9-8-16-40(4,5)20-31-46-47-38(44-33)56-31/h6-7,10-12,15,17,23-24,29-30,33-34H,8-9,13-14,16,18-21H2,1-5H3,(H,44,47)(H,45,51)(H,49,53)/b48-32-/t23-,29+,30+,33-,41-/m1/s1. The van der Waals surface area contributed by atoms with Gasteiger partial charge in [0.2, 0.25) is 34.2 Å². The van der Waals surface area contributed by atoms with Crippen LogP contribution in [0.5, 0.6) is 0 Å². The molecule has 5 aliphatic rings. The van der Waals surface area contributed by atoms with Crippen LogP contribution in [-0.2, 0) is 42.1 Å². The predicted octanol–water partition coefficient (Wildman–Crippen LogP) is 4.97. The van der Waals surface area contributed by atoms with Crippen LogP contribution in [0.2, 0.25) is 0 Å². The number of fused-ring (bicyclic) bond motifs is 8. The summed E-state index contributed by atoms with van der Waals surface area (Å²) >= 11 is 0. The number of halogens is 2. The van der Waals surface area contributed by atoms with E-state index in [4.69, 9.17) is 9.25 Å². The van der Waals surface area contributed by atoms with Gasteiger partial charge >= 0.3 is 6.01 Å². The molecule has 14 nitrogen and oxygen atoms in total. The van der Waals surface area contributed by atoms with Gasteiger partial charge < -0.3 is 24.8 Å². The van der Waals surface area contributed by atoms with Crippen molar-refractivity contribution in [1.29, 1.82) is 0 Å². The number of carbonyl (C=O) groups excluding carboxylic acids is 3. The number of aryl methyl sites for hydroxylation is 1. The maximum absolute atomic E-state index is 14.8. The van der Waals surface area contributed by atoms with Crippen molar-refractivity contribution in [2.45, 2.75) is 121 Å². The van der Waals surface area contributed by atoms with Gasteiger partial charge in [-0.3, -0.25) is 19.1 Å². The molecule has 3 aromatic rings. The largest absolute Gasteiger partial charge is 0.408 e. The SMILES string of the molecule is CC1(C)CCCc2ccc3c(c2)/C(=N\O[C@@H]2C[C@@H](C(=O)N[C@]4(C(=O)NS(=O)(=O)C5CC5)C[C@H]4C(F)F)N(C2)C(=O)[C@H](C(C)(C)C)Nc2nnc(o2)C1)c1ccccc1-3. The van der Waals surface area contributed by atoms with E-state index in [1.165, 1.54) is 4.90 Å². The molecular formula is C41H49F2N7O7S. The van der Waals surface area contributed by atoms with E-state index in [0.717, 1.165) is 47.1 Å². The Morgan fingerprint density at radius 2 is 1.76 bits per heavy atom. The molecule has 8 rings (SSSR count). The molecule has 0 radical (unpaired) electrons. The highest BCUT2D eigenvalue weighted by Crippen LogP contribution is 2.49. The Balaban J connectivity index is 1.15. The van der Waals surface area contributed by atoms with Crippen LogP contribution < -0.4 is 15.4 Å². The molecule has 2 aliphatic heterocycles. The second kappa shape index (κ2) is 14.4. The van der Waals surface area contributed by atoms with Crippen LogP contribution in [0.15, 0.2) is 52.0 Å². The molecule has 2 saturated carbocycles. The lowest BCUT2D eigenvalue weighted by Gasteiger charge is -2.35. The monoisotopic (exact) mass is 821 g/mol. The topological polar surface area (TPSA) is 185 Å². The Morgan fingerprint density at radius 1 is 1.03 bits per heavy atom. The average Bonchev–Trinajstić information content (AvgIpc) is 4.02. The number of hydrogen-bond donors (Lipinski definition) is 3. The van der Waals surface area contributed by atoms with Gasteiger partial charge in [0.1, 0.15) is 29.4 Å². The highest BCUT2D eigenvalue weighted by atomic mass is 32.2. The fourth-order valence-electron chi connectivity index (χ4n) is 8.47. The zero-order valence-corrected chi connectivity index (χ0v) is 34.0. The molecule has 3 fully saturated rings. The number of hydrogen-bond acceptors (Lipinski definition) is 11. The molecule has 58 heavy (non-hydrogen) atoms. The van der Waals surface area contributed by atoms with Gasteiger partial charge in [0.25, 0.3) is 5.91 Å². The number of nitrogens with zero attached hydrogens (tertiary/aromatic N) is 4. The maximum Gasteiger partial charge on any atom is 0.316 e. The quantitative estimate of drug-likeness (QED) is 0.240. The highest BCUT2D eigenvalue weighted by Gasteiger charge is 2.67. The number of alkyl halides is 2. The molecular weight excluding hydrogens is 773 g/mol. The van der Waals surface area contributed by atoms with Gasteiger partial charge in [-0.25, -0.2) is 17.2 Å². The van der Waals surface area contributed by atoms with E-state index in [1.54, 1.807) is 0 Å². The van der Waals surface area contributed by atoms with Crippen LogP contribution in [0.1, 0.15) is 95.7 Å². The summed E-state index contributed by atoms with van der Waals surface area (Å²) in [7, 11) is -4.11. The first kappa shape index (κ1) is 39.9. The van der Waals surface area contributed by atoms with Crippen LogP contribution in [0.25, 0.3) is 11.1 Å². The zero-order valence-electron chi connectivity index (χ0n) is 33.2. The summed E-state index contributed by atoms with van der Waals surface area (Å²) in [5.74, 6) is -3.89.